The quantitative estimate of drug-likeness (QED) is 0.00478. The number of esters is 3. The number of hydrogen-bond acceptors (Lipinski definition) is 27. The number of carbonyl (C=O) groups is 12. The Balaban J connectivity index is 0.000000308. The van der Waals surface area contributed by atoms with Crippen molar-refractivity contribution in [2.75, 3.05) is 177 Å². The van der Waals surface area contributed by atoms with Gasteiger partial charge >= 0.3 is 17.9 Å². The molecule has 7 amide bonds. The van der Waals surface area contributed by atoms with Crippen molar-refractivity contribution in [3.63, 3.8) is 0 Å². The highest BCUT2D eigenvalue weighted by Crippen LogP contribution is 2.20. The van der Waals surface area contributed by atoms with E-state index < -0.39 is 23.7 Å². The molecule has 15 rings (SSSR count). The smallest absolute Gasteiger partial charge is 0.325 e. The van der Waals surface area contributed by atoms with E-state index in [9.17, 15) is 67.9 Å². The molecular formula is C108H123Br2ClI4N12O22. The van der Waals surface area contributed by atoms with Crippen LogP contribution in [-0.4, -0.2) is 318 Å². The van der Waals surface area contributed by atoms with Gasteiger partial charge in [0.15, 0.2) is 0 Å². The number of nitrogens with two attached hydrogens (primary N) is 1. The molecule has 7 N–H and O–H groups in total. The lowest BCUT2D eigenvalue weighted by molar-refractivity contribution is -0.181. The maximum Gasteiger partial charge on any atom is 0.325 e. The Hall–Kier alpha value is -10.6. The van der Waals surface area contributed by atoms with Gasteiger partial charge in [0.2, 0.25) is 28.9 Å². The number of aliphatic hydroxyl groups excluding tert-OH is 1. The van der Waals surface area contributed by atoms with Crippen LogP contribution in [0.25, 0.3) is 0 Å². The van der Waals surface area contributed by atoms with E-state index in [1.165, 1.54) is 61.2 Å². The van der Waals surface area contributed by atoms with Crippen LogP contribution in [0.2, 0.25) is 0 Å². The first kappa shape index (κ1) is 129. The summed E-state index contributed by atoms with van der Waals surface area (Å²) in [5.41, 5.74) is 18.9. The lowest BCUT2D eigenvalue weighted by Gasteiger charge is -2.30. The minimum Gasteiger partial charge on any atom is -0.468 e. The summed E-state index contributed by atoms with van der Waals surface area (Å²) in [5.74, 6) is 11.9. The standard InChI is InChI=1S/2C24H25N3O4.C13H15NO.C12H13BrINO3.C11H11IN2O3.C10H12INO2.C7H5IO.C3H7NO2.C2H2BrClO.CH4O.CH4/c2*28-23-18-27(30)24(29)17-26(23)16-22-9-5-20(6-10-22)2-1-19-3-7-21(8-4-19)15-25-11-13-31-14-12-25;1-2-12-3-5-13(6-4-12)11-14-7-9-15-10-8-14;1-18-12(17)8-15(11(16)6-13)7-9-2-4-10(14)5-3-9;12-9-3-1-8(2-4-9)5-13-6-11(16)14(17)7-10(13)15;1-14-10(13)7-12-6-8-2-4-9(11)5-3-8;8-7-3-1-6(5-9)2-4-7;1-6-3(5)2-4;3-1-2(4)5;1-2;/h2*3-10,30H,11-18H2;1,3-6H,7-11H2;2-5H,6-8H2,1H3;1-4,17H,5-7H2;2-5,12H,6-7H2,1H3;1-5H;2,4H2,1H3;1H2;2H,1H3;1H4. The molecule has 0 saturated carbocycles. The number of aliphatic hydroxyl groups is 1. The minimum absolute atomic E-state index is 0. The number of benzene rings is 9. The average Bonchev–Trinajstić information content (AvgIpc) is 0.834. The fraction of sp³-hybridized carbons (Fsp3) is 0.333. The summed E-state index contributed by atoms with van der Waals surface area (Å²) < 4.78 is 33.9. The maximum absolute atomic E-state index is 12.0. The number of alkyl halides is 2. The molecule has 0 bridgehead atoms. The Morgan fingerprint density at radius 3 is 0.940 bits per heavy atom. The third kappa shape index (κ3) is 52.3. The zero-order valence-corrected chi connectivity index (χ0v) is 94.8. The van der Waals surface area contributed by atoms with Crippen molar-refractivity contribution >= 4 is 205 Å². The third-order valence-electron chi connectivity index (χ3n) is 21.5. The van der Waals surface area contributed by atoms with Crippen LogP contribution in [0.5, 0.6) is 0 Å². The third-order valence-corrected chi connectivity index (χ3v) is 25.8. The van der Waals surface area contributed by atoms with Gasteiger partial charge < -0.3 is 64.2 Å². The fourth-order valence-electron chi connectivity index (χ4n) is 13.4. The second-order valence-electron chi connectivity index (χ2n) is 32.4. The second-order valence-corrected chi connectivity index (χ2v) is 38.9. The van der Waals surface area contributed by atoms with Gasteiger partial charge in [0, 0.05) is 146 Å². The summed E-state index contributed by atoms with van der Waals surface area (Å²) in [6.45, 7) is 14.9. The molecule has 0 atom stereocenters. The topological polar surface area (TPSA) is 412 Å². The van der Waals surface area contributed by atoms with Crippen LogP contribution in [0.15, 0.2) is 218 Å². The molecule has 6 saturated heterocycles. The van der Waals surface area contributed by atoms with E-state index in [1.807, 2.05) is 170 Å². The van der Waals surface area contributed by atoms with Crippen molar-refractivity contribution in [1.82, 2.24) is 54.8 Å². The number of terminal acetylenes is 1. The molecule has 6 aliphatic rings. The van der Waals surface area contributed by atoms with Gasteiger partial charge in [0.25, 0.3) is 17.7 Å². The van der Waals surface area contributed by atoms with Crippen LogP contribution in [-0.2, 0) is 134 Å². The number of hydroxylamine groups is 6. The number of rotatable bonds is 24. The SMILES string of the molecule is C.C#Cc1ccc(CN2CCOCC2)cc1.CO.COC(=O)CN.COC(=O)CN(Cc1ccc(I)cc1)C(=O)CBr.COC(=O)CNCc1ccc(I)cc1.O=C(Cl)CBr.O=C1CN(Cc2ccc(C#Cc3ccc(CN4CCOCC4)cc3)cc2)C(=O)CN1O.O=C1CN(Cc2ccc(C#Cc3ccc(CN4CCOCC4)cc3)cc2)C(=O)CN1O.O=C1CN(Cc2ccc(I)cc2)C(=O)CN1O.O=Cc1ccc(I)cc1. The molecule has 0 unspecified atom stereocenters. The monoisotopic (exact) mass is 2640 g/mol. The first-order valence-electron chi connectivity index (χ1n) is 46.0. The summed E-state index contributed by atoms with van der Waals surface area (Å²) >= 11 is 19.6. The van der Waals surface area contributed by atoms with Gasteiger partial charge in [-0.25, -0.2) is 15.2 Å². The molecule has 0 spiro atoms. The number of methoxy groups -OCH3 is 3. The molecule has 6 fully saturated rings. The number of amides is 7. The van der Waals surface area contributed by atoms with E-state index in [0.29, 0.717) is 47.9 Å². The number of aldehydes is 1. The molecule has 9 aromatic carbocycles. The summed E-state index contributed by atoms with van der Waals surface area (Å²) in [7, 11) is 4.99. The van der Waals surface area contributed by atoms with Crippen LogP contribution in [0.1, 0.15) is 90.1 Å². The van der Waals surface area contributed by atoms with Gasteiger partial charge in [-0.1, -0.05) is 178 Å². The zero-order chi connectivity index (χ0) is 108. The van der Waals surface area contributed by atoms with Crippen molar-refractivity contribution < 1.29 is 107 Å². The molecule has 0 radical (unpaired) electrons. The normalized spacial score (nSPS) is 14.2. The summed E-state index contributed by atoms with van der Waals surface area (Å²) in [4.78, 5) is 146. The van der Waals surface area contributed by atoms with E-state index in [-0.39, 0.29) is 118 Å². The van der Waals surface area contributed by atoms with E-state index in [4.69, 9.17) is 48.3 Å². The number of halogens is 7. The predicted octanol–water partition coefficient (Wildman–Crippen LogP) is 11.7. The van der Waals surface area contributed by atoms with Gasteiger partial charge in [0.1, 0.15) is 52.1 Å². The van der Waals surface area contributed by atoms with Gasteiger partial charge in [-0.05, 0) is 256 Å². The number of piperazine rings is 3. The number of ether oxygens (including phenoxy) is 6. The van der Waals surface area contributed by atoms with E-state index in [1.54, 1.807) is 12.1 Å². The summed E-state index contributed by atoms with van der Waals surface area (Å²) in [6, 6.07) is 71.2. The lowest BCUT2D eigenvalue weighted by atomic mass is 10.1. The molecule has 34 nitrogen and oxygen atoms in total. The Morgan fingerprint density at radius 1 is 0.409 bits per heavy atom. The van der Waals surface area contributed by atoms with Gasteiger partial charge in [-0.2, -0.15) is 0 Å². The summed E-state index contributed by atoms with van der Waals surface area (Å²) in [5, 5.41) is 39.2. The van der Waals surface area contributed by atoms with Crippen LogP contribution in [0.4, 0.5) is 0 Å². The Labute approximate surface area is 946 Å². The van der Waals surface area contributed by atoms with Crippen molar-refractivity contribution in [2.24, 2.45) is 5.73 Å². The molecule has 9 aromatic rings. The minimum atomic E-state index is -0.474. The number of morpholine rings is 3. The van der Waals surface area contributed by atoms with Crippen molar-refractivity contribution in [3.05, 3.63) is 311 Å². The van der Waals surface area contributed by atoms with Crippen LogP contribution >= 0.6 is 134 Å². The fourth-order valence-corrected chi connectivity index (χ4v) is 15.2. The highest BCUT2D eigenvalue weighted by molar-refractivity contribution is 14.1. The van der Waals surface area contributed by atoms with Gasteiger partial charge in [-0.3, -0.25) is 87.9 Å². The van der Waals surface area contributed by atoms with Crippen molar-refractivity contribution in [1.29, 1.82) is 0 Å². The molecule has 0 aliphatic carbocycles. The number of carbonyl (C=O) groups excluding carboxylic acids is 12. The maximum atomic E-state index is 12.0. The molecule has 149 heavy (non-hydrogen) atoms. The molecule has 41 heteroatoms. The van der Waals surface area contributed by atoms with E-state index in [0.717, 1.165) is 184 Å². The predicted molar refractivity (Wildman–Crippen MR) is 605 cm³/mol. The highest BCUT2D eigenvalue weighted by atomic mass is 127. The van der Waals surface area contributed by atoms with Crippen molar-refractivity contribution in [2.45, 2.75) is 59.8 Å². The van der Waals surface area contributed by atoms with Crippen LogP contribution in [0, 0.1) is 50.3 Å². The number of nitrogens with one attached hydrogen (secondary N) is 1. The highest BCUT2D eigenvalue weighted by Gasteiger charge is 2.32. The average molecular weight is 2640 g/mol. The van der Waals surface area contributed by atoms with E-state index in [2.05, 4.69) is 222 Å². The molecule has 6 heterocycles. The first-order valence-corrected chi connectivity index (χ1v) is 53.0. The lowest BCUT2D eigenvalue weighted by Crippen LogP contribution is -2.51. The molecule has 6 aliphatic heterocycles. The Bertz CT molecular complexity index is 5670. The summed E-state index contributed by atoms with van der Waals surface area (Å²) in [6.07, 6.45) is 6.15. The Kier molecular flexibility index (Phi) is 63.6. The number of hydrogen-bond donors (Lipinski definition) is 6. The Morgan fingerprint density at radius 2 is 0.678 bits per heavy atom. The van der Waals surface area contributed by atoms with E-state index >= 15 is 0 Å². The molecule has 0 aromatic heterocycles. The van der Waals surface area contributed by atoms with Gasteiger partial charge in [0.05, 0.1) is 84.7 Å². The molecular weight excluding hydrogens is 2520 g/mol. The largest absolute Gasteiger partial charge is 0.468 e. The number of nitrogens with zero attached hydrogens (tertiary/aromatic N) is 10. The van der Waals surface area contributed by atoms with Crippen molar-refractivity contribution in [3.8, 4) is 36.0 Å². The van der Waals surface area contributed by atoms with Gasteiger partial charge in [-0.15, -0.1) is 6.42 Å². The first-order chi connectivity index (χ1) is 71.3. The zero-order valence-electron chi connectivity index (χ0n) is 82.2. The van der Waals surface area contributed by atoms with Crippen LogP contribution < -0.4 is 11.1 Å². The molecule has 796 valence electrons. The second kappa shape index (κ2) is 73.6. The van der Waals surface area contributed by atoms with Crippen LogP contribution in [0.3, 0.4) is 0 Å².